The molecule has 1 N–H and O–H groups in total. The van der Waals surface area contributed by atoms with Crippen molar-refractivity contribution in [3.8, 4) is 11.4 Å². The molecule has 2 amide bonds. The van der Waals surface area contributed by atoms with Gasteiger partial charge in [0.1, 0.15) is 0 Å². The average Bonchev–Trinajstić information content (AvgIpc) is 3.19. The Morgan fingerprint density at radius 1 is 1.25 bits per heavy atom. The number of nitrogens with one attached hydrogen (secondary N) is 1. The highest BCUT2D eigenvalue weighted by Gasteiger charge is 2.28. The van der Waals surface area contributed by atoms with Crippen molar-refractivity contribution in [1.82, 2.24) is 15.0 Å². The second kappa shape index (κ2) is 8.02. The number of likely N-dealkylation sites (tertiary alicyclic amines) is 1. The Morgan fingerprint density at radius 3 is 2.86 bits per heavy atom. The summed E-state index contributed by atoms with van der Waals surface area (Å²) >= 11 is 5.93. The highest BCUT2D eigenvalue weighted by molar-refractivity contribution is 6.30. The van der Waals surface area contributed by atoms with Crippen LogP contribution >= 0.6 is 11.6 Å². The second-order valence-electron chi connectivity index (χ2n) is 7.05. The lowest BCUT2D eigenvalue weighted by Gasteiger charge is -2.31. The molecule has 0 saturated carbocycles. The molecule has 3 aromatic rings. The molecule has 1 saturated heterocycles. The highest BCUT2D eigenvalue weighted by atomic mass is 35.5. The summed E-state index contributed by atoms with van der Waals surface area (Å²) in [6, 6.07) is 15.0. The van der Waals surface area contributed by atoms with Crippen molar-refractivity contribution < 1.29 is 9.32 Å². The molecule has 1 fully saturated rings. The zero-order chi connectivity index (χ0) is 19.5. The van der Waals surface area contributed by atoms with Gasteiger partial charge in [-0.2, -0.15) is 4.98 Å². The van der Waals surface area contributed by atoms with E-state index >= 15 is 0 Å². The minimum Gasteiger partial charge on any atom is -0.339 e. The van der Waals surface area contributed by atoms with Crippen molar-refractivity contribution in [2.75, 3.05) is 18.4 Å². The number of hydrogen-bond donors (Lipinski definition) is 1. The number of carbonyl (C=O) groups is 1. The molecule has 0 aliphatic carbocycles. The minimum atomic E-state index is -0.104. The molecular formula is C21H21ClN4O2. The van der Waals surface area contributed by atoms with Crippen LogP contribution in [0.25, 0.3) is 11.4 Å². The van der Waals surface area contributed by atoms with Gasteiger partial charge in [0.15, 0.2) is 0 Å². The monoisotopic (exact) mass is 396 g/mol. The standard InChI is InChI=1S/C21H21ClN4O2/c1-14-4-2-6-18(12-14)23-21(27)26-11-3-5-16(13-26)20-24-19(25-28-20)15-7-9-17(22)10-8-15/h2,4,6-10,12,16H,3,5,11,13H2,1H3,(H,23,27). The van der Waals surface area contributed by atoms with Crippen LogP contribution in [0.5, 0.6) is 0 Å². The summed E-state index contributed by atoms with van der Waals surface area (Å²) in [6.45, 7) is 3.27. The van der Waals surface area contributed by atoms with Gasteiger partial charge in [0, 0.05) is 29.4 Å². The fraction of sp³-hybridized carbons (Fsp3) is 0.286. The number of aromatic nitrogens is 2. The molecule has 6 nitrogen and oxygen atoms in total. The van der Waals surface area contributed by atoms with E-state index in [-0.39, 0.29) is 11.9 Å². The first kappa shape index (κ1) is 18.5. The predicted octanol–water partition coefficient (Wildman–Crippen LogP) is 5.11. The van der Waals surface area contributed by atoms with Crippen molar-refractivity contribution in [3.05, 3.63) is 65.0 Å². The Kier molecular flexibility index (Phi) is 5.30. The summed E-state index contributed by atoms with van der Waals surface area (Å²) in [4.78, 5) is 19.0. The lowest BCUT2D eigenvalue weighted by atomic mass is 9.98. The minimum absolute atomic E-state index is 0.0329. The number of halogens is 1. The van der Waals surface area contributed by atoms with Crippen molar-refractivity contribution in [2.45, 2.75) is 25.7 Å². The number of benzene rings is 2. The first-order valence-electron chi connectivity index (χ1n) is 9.30. The van der Waals surface area contributed by atoms with E-state index < -0.39 is 0 Å². The van der Waals surface area contributed by atoms with E-state index in [1.165, 1.54) is 0 Å². The van der Waals surface area contributed by atoms with Gasteiger partial charge in [-0.3, -0.25) is 0 Å². The number of anilines is 1. The zero-order valence-corrected chi connectivity index (χ0v) is 16.3. The summed E-state index contributed by atoms with van der Waals surface area (Å²) in [7, 11) is 0. The number of rotatable bonds is 3. The van der Waals surface area contributed by atoms with E-state index in [0.29, 0.717) is 29.8 Å². The molecule has 1 aromatic heterocycles. The molecule has 7 heteroatoms. The Bertz CT molecular complexity index is 971. The Hall–Kier alpha value is -2.86. The molecule has 2 heterocycles. The first-order chi connectivity index (χ1) is 13.6. The third kappa shape index (κ3) is 4.17. The van der Waals surface area contributed by atoms with Crippen LogP contribution in [0.3, 0.4) is 0 Å². The maximum atomic E-state index is 12.6. The fourth-order valence-electron chi connectivity index (χ4n) is 3.41. The topological polar surface area (TPSA) is 71.3 Å². The van der Waals surface area contributed by atoms with Crippen LogP contribution in [0.15, 0.2) is 53.1 Å². The van der Waals surface area contributed by atoms with E-state index in [0.717, 1.165) is 29.7 Å². The van der Waals surface area contributed by atoms with Gasteiger partial charge in [0.2, 0.25) is 11.7 Å². The molecule has 1 unspecified atom stereocenters. The number of carbonyl (C=O) groups excluding carboxylic acids is 1. The molecule has 0 spiro atoms. The predicted molar refractivity (Wildman–Crippen MR) is 108 cm³/mol. The van der Waals surface area contributed by atoms with E-state index in [9.17, 15) is 4.79 Å². The molecule has 0 radical (unpaired) electrons. The molecule has 2 aromatic carbocycles. The maximum Gasteiger partial charge on any atom is 0.321 e. The first-order valence-corrected chi connectivity index (χ1v) is 9.68. The van der Waals surface area contributed by atoms with Crippen LogP contribution in [0, 0.1) is 6.92 Å². The van der Waals surface area contributed by atoms with E-state index in [1.807, 2.05) is 48.2 Å². The van der Waals surface area contributed by atoms with Crippen molar-refractivity contribution in [2.24, 2.45) is 0 Å². The van der Waals surface area contributed by atoms with Gasteiger partial charge in [-0.1, -0.05) is 28.9 Å². The highest BCUT2D eigenvalue weighted by Crippen LogP contribution is 2.28. The summed E-state index contributed by atoms with van der Waals surface area (Å²) in [5, 5.41) is 7.72. The summed E-state index contributed by atoms with van der Waals surface area (Å²) in [5.41, 5.74) is 2.76. The number of nitrogens with zero attached hydrogens (tertiary/aromatic N) is 3. The number of hydrogen-bond acceptors (Lipinski definition) is 4. The van der Waals surface area contributed by atoms with E-state index in [4.69, 9.17) is 16.1 Å². The Balaban J connectivity index is 1.43. The van der Waals surface area contributed by atoms with Gasteiger partial charge in [-0.15, -0.1) is 0 Å². The van der Waals surface area contributed by atoms with Crippen molar-refractivity contribution in [3.63, 3.8) is 0 Å². The smallest absolute Gasteiger partial charge is 0.321 e. The van der Waals surface area contributed by atoms with Gasteiger partial charge >= 0.3 is 6.03 Å². The quantitative estimate of drug-likeness (QED) is 0.667. The third-order valence-electron chi connectivity index (χ3n) is 4.87. The molecule has 1 atom stereocenters. The van der Waals surface area contributed by atoms with Gasteiger partial charge < -0.3 is 14.7 Å². The zero-order valence-electron chi connectivity index (χ0n) is 15.6. The lowest BCUT2D eigenvalue weighted by molar-refractivity contribution is 0.184. The molecule has 144 valence electrons. The van der Waals surface area contributed by atoms with Crippen molar-refractivity contribution in [1.29, 1.82) is 0 Å². The largest absolute Gasteiger partial charge is 0.339 e. The van der Waals surface area contributed by atoms with E-state index in [1.54, 1.807) is 12.1 Å². The SMILES string of the molecule is Cc1cccc(NC(=O)N2CCCC(c3nc(-c4ccc(Cl)cc4)no3)C2)c1. The number of amides is 2. The number of urea groups is 1. The third-order valence-corrected chi connectivity index (χ3v) is 5.12. The second-order valence-corrected chi connectivity index (χ2v) is 7.48. The number of aryl methyl sites for hydroxylation is 1. The van der Waals surface area contributed by atoms with Gasteiger partial charge in [-0.25, -0.2) is 4.79 Å². The van der Waals surface area contributed by atoms with Gasteiger partial charge in [0.05, 0.1) is 5.92 Å². The molecule has 1 aliphatic heterocycles. The summed E-state index contributed by atoms with van der Waals surface area (Å²) < 4.78 is 5.50. The van der Waals surface area contributed by atoms with Gasteiger partial charge in [-0.05, 0) is 61.7 Å². The van der Waals surface area contributed by atoms with Crippen LogP contribution in [-0.2, 0) is 0 Å². The van der Waals surface area contributed by atoms with Crippen LogP contribution < -0.4 is 5.32 Å². The molecule has 1 aliphatic rings. The molecular weight excluding hydrogens is 376 g/mol. The Labute approximate surface area is 168 Å². The van der Waals surface area contributed by atoms with Crippen LogP contribution in [0.4, 0.5) is 10.5 Å². The normalized spacial score (nSPS) is 16.8. The van der Waals surface area contributed by atoms with Gasteiger partial charge in [0.25, 0.3) is 0 Å². The fourth-order valence-corrected chi connectivity index (χ4v) is 3.53. The summed E-state index contributed by atoms with van der Waals surface area (Å²) in [6.07, 6.45) is 1.81. The van der Waals surface area contributed by atoms with Crippen LogP contribution in [-0.4, -0.2) is 34.2 Å². The van der Waals surface area contributed by atoms with Crippen LogP contribution in [0.2, 0.25) is 5.02 Å². The Morgan fingerprint density at radius 2 is 2.07 bits per heavy atom. The van der Waals surface area contributed by atoms with E-state index in [2.05, 4.69) is 15.5 Å². The van der Waals surface area contributed by atoms with Crippen molar-refractivity contribution >= 4 is 23.3 Å². The maximum absolute atomic E-state index is 12.6. The molecule has 0 bridgehead atoms. The number of piperidine rings is 1. The average molecular weight is 397 g/mol. The molecule has 4 rings (SSSR count). The van der Waals surface area contributed by atoms with Crippen LogP contribution in [0.1, 0.15) is 30.2 Å². The molecule has 28 heavy (non-hydrogen) atoms. The lowest BCUT2D eigenvalue weighted by Crippen LogP contribution is -2.41. The summed E-state index contributed by atoms with van der Waals surface area (Å²) in [5.74, 6) is 1.14.